The molecule has 3 N–H and O–H groups in total. The number of nitrogens with two attached hydrogens (primary N) is 1. The molecule has 0 saturated heterocycles. The van der Waals surface area contributed by atoms with Gasteiger partial charge in [-0.25, -0.2) is 15.8 Å². The summed E-state index contributed by atoms with van der Waals surface area (Å²) in [5.41, 5.74) is 3.95. The van der Waals surface area contributed by atoms with Gasteiger partial charge in [-0.2, -0.15) is 13.2 Å². The molecule has 18 heavy (non-hydrogen) atoms. The lowest BCUT2D eigenvalue weighted by Gasteiger charge is -2.10. The van der Waals surface area contributed by atoms with Crippen molar-refractivity contribution in [1.82, 2.24) is 9.97 Å². The number of aromatic nitrogens is 2. The topological polar surface area (TPSA) is 73.1 Å². The van der Waals surface area contributed by atoms with Gasteiger partial charge in [0.25, 0.3) is 0 Å². The quantitative estimate of drug-likeness (QED) is 0.479. The van der Waals surface area contributed by atoms with Crippen molar-refractivity contribution in [1.29, 1.82) is 0 Å². The van der Waals surface area contributed by atoms with Gasteiger partial charge in [0.15, 0.2) is 0 Å². The molecule has 0 aliphatic rings. The summed E-state index contributed by atoms with van der Waals surface area (Å²) in [7, 11) is 0. The van der Waals surface area contributed by atoms with Crippen LogP contribution < -0.4 is 11.3 Å². The van der Waals surface area contributed by atoms with Crippen LogP contribution in [0.25, 0.3) is 0 Å². The first-order chi connectivity index (χ1) is 8.33. The molecule has 0 fully saturated rings. The molecule has 0 amide bonds. The summed E-state index contributed by atoms with van der Waals surface area (Å²) in [5.74, 6) is 6.14. The van der Waals surface area contributed by atoms with Crippen LogP contribution in [0.15, 0.2) is 0 Å². The first-order valence-corrected chi connectivity index (χ1v) is 5.28. The van der Waals surface area contributed by atoms with E-state index in [-0.39, 0.29) is 13.0 Å². The van der Waals surface area contributed by atoms with Crippen LogP contribution in [0.1, 0.15) is 17.1 Å². The number of hydrogen-bond acceptors (Lipinski definition) is 5. The van der Waals surface area contributed by atoms with E-state index in [0.717, 1.165) is 11.3 Å². The predicted octanol–water partition coefficient (Wildman–Crippen LogP) is 1.50. The Kier molecular flexibility index (Phi) is 4.85. The van der Waals surface area contributed by atoms with Crippen LogP contribution >= 0.6 is 0 Å². The van der Waals surface area contributed by atoms with Crippen LogP contribution in [0.5, 0.6) is 0 Å². The first-order valence-electron chi connectivity index (χ1n) is 5.28. The molecule has 0 radical (unpaired) electrons. The van der Waals surface area contributed by atoms with Gasteiger partial charge in [-0.1, -0.05) is 0 Å². The highest BCUT2D eigenvalue weighted by Crippen LogP contribution is 2.15. The van der Waals surface area contributed by atoms with Crippen LogP contribution in [0, 0.1) is 13.8 Å². The molecule has 1 aromatic heterocycles. The number of hydrogen-bond donors (Lipinski definition) is 2. The summed E-state index contributed by atoms with van der Waals surface area (Å²) in [6.45, 7) is 2.22. The molecular formula is C10H15F3N4O. The van der Waals surface area contributed by atoms with E-state index in [4.69, 9.17) is 5.84 Å². The van der Waals surface area contributed by atoms with Crippen LogP contribution in [0.2, 0.25) is 0 Å². The molecule has 0 aliphatic heterocycles. The molecule has 0 spiro atoms. The van der Waals surface area contributed by atoms with E-state index in [2.05, 4.69) is 20.1 Å². The van der Waals surface area contributed by atoms with Crippen molar-refractivity contribution in [3.05, 3.63) is 17.1 Å². The van der Waals surface area contributed by atoms with Crippen LogP contribution in [-0.4, -0.2) is 29.4 Å². The molecule has 1 heterocycles. The number of nitrogens with one attached hydrogen (secondary N) is 1. The van der Waals surface area contributed by atoms with E-state index in [1.54, 1.807) is 13.8 Å². The zero-order valence-electron chi connectivity index (χ0n) is 10.1. The van der Waals surface area contributed by atoms with E-state index in [0.29, 0.717) is 11.6 Å². The number of nitrogens with zero attached hydrogens (tertiary/aromatic N) is 2. The fourth-order valence-corrected chi connectivity index (χ4v) is 1.29. The van der Waals surface area contributed by atoms with Gasteiger partial charge in [-0.15, -0.1) is 0 Å². The Morgan fingerprint density at radius 2 is 1.94 bits per heavy atom. The lowest BCUT2D eigenvalue weighted by molar-refractivity contribution is -0.173. The van der Waals surface area contributed by atoms with Crippen molar-refractivity contribution in [3.63, 3.8) is 0 Å². The molecule has 0 atom stereocenters. The predicted molar refractivity (Wildman–Crippen MR) is 59.9 cm³/mol. The highest BCUT2D eigenvalue weighted by Gasteiger charge is 2.27. The molecule has 0 unspecified atom stereocenters. The summed E-state index contributed by atoms with van der Waals surface area (Å²) in [6.07, 6.45) is -4.11. The monoisotopic (exact) mass is 264 g/mol. The Hall–Kier alpha value is -1.41. The fraction of sp³-hybridized carbons (Fsp3) is 0.600. The molecule has 1 rings (SSSR count). The first kappa shape index (κ1) is 14.7. The maximum absolute atomic E-state index is 11.8. The van der Waals surface area contributed by atoms with Crippen molar-refractivity contribution >= 4 is 5.82 Å². The van der Waals surface area contributed by atoms with Crippen molar-refractivity contribution < 1.29 is 17.9 Å². The third kappa shape index (κ3) is 4.46. The number of alkyl halides is 3. The Balaban J connectivity index is 2.55. The van der Waals surface area contributed by atoms with E-state index < -0.39 is 12.8 Å². The Morgan fingerprint density at radius 1 is 1.28 bits per heavy atom. The summed E-state index contributed by atoms with van der Waals surface area (Å²) in [5, 5.41) is 0. The minimum Gasteiger partial charge on any atom is -0.372 e. The molecule has 0 aromatic carbocycles. The number of aryl methyl sites for hydroxylation is 1. The van der Waals surface area contributed by atoms with Gasteiger partial charge in [0.2, 0.25) is 0 Å². The minimum absolute atomic E-state index is 0.0912. The summed E-state index contributed by atoms with van der Waals surface area (Å²) >= 11 is 0. The zero-order chi connectivity index (χ0) is 13.8. The van der Waals surface area contributed by atoms with E-state index in [9.17, 15) is 13.2 Å². The molecule has 102 valence electrons. The molecular weight excluding hydrogens is 249 g/mol. The van der Waals surface area contributed by atoms with Gasteiger partial charge >= 0.3 is 6.18 Å². The van der Waals surface area contributed by atoms with Gasteiger partial charge in [0, 0.05) is 17.7 Å². The van der Waals surface area contributed by atoms with Crippen molar-refractivity contribution in [3.8, 4) is 0 Å². The summed E-state index contributed by atoms with van der Waals surface area (Å²) < 4.78 is 40.0. The van der Waals surface area contributed by atoms with Gasteiger partial charge in [-0.05, 0) is 13.8 Å². The Labute approximate surface area is 103 Å². The van der Waals surface area contributed by atoms with Gasteiger partial charge < -0.3 is 10.2 Å². The summed E-state index contributed by atoms with van der Waals surface area (Å²) in [6, 6.07) is 0. The largest absolute Gasteiger partial charge is 0.411 e. The van der Waals surface area contributed by atoms with E-state index >= 15 is 0 Å². The third-order valence-electron chi connectivity index (χ3n) is 2.31. The zero-order valence-corrected chi connectivity index (χ0v) is 10.1. The lowest BCUT2D eigenvalue weighted by Crippen LogP contribution is -2.19. The Morgan fingerprint density at radius 3 is 2.50 bits per heavy atom. The van der Waals surface area contributed by atoms with Gasteiger partial charge in [0.1, 0.15) is 18.2 Å². The van der Waals surface area contributed by atoms with Crippen LogP contribution in [0.3, 0.4) is 0 Å². The highest BCUT2D eigenvalue weighted by molar-refractivity contribution is 5.44. The number of hydrazine groups is 1. The second kappa shape index (κ2) is 5.96. The molecule has 5 nitrogen and oxygen atoms in total. The average Bonchev–Trinajstić information content (AvgIpc) is 2.27. The number of nitrogen functional groups attached to an aromatic ring is 1. The molecule has 1 aromatic rings. The standard InChI is InChI=1S/C10H15F3N4O/c1-6-7(2)15-8(16-9(6)17-14)3-4-18-5-10(11,12)13/h3-5,14H2,1-2H3,(H,15,16,17). The normalized spacial score (nSPS) is 11.7. The fourth-order valence-electron chi connectivity index (χ4n) is 1.29. The number of halogens is 3. The molecule has 0 bridgehead atoms. The molecule has 8 heteroatoms. The molecule has 0 aliphatic carbocycles. The second-order valence-corrected chi connectivity index (χ2v) is 3.76. The third-order valence-corrected chi connectivity index (χ3v) is 2.31. The second-order valence-electron chi connectivity index (χ2n) is 3.76. The Bertz CT molecular complexity index is 409. The lowest BCUT2D eigenvalue weighted by atomic mass is 10.2. The smallest absolute Gasteiger partial charge is 0.372 e. The maximum atomic E-state index is 11.8. The van der Waals surface area contributed by atoms with Gasteiger partial charge in [-0.3, -0.25) is 0 Å². The van der Waals surface area contributed by atoms with E-state index in [1.807, 2.05) is 0 Å². The highest BCUT2D eigenvalue weighted by atomic mass is 19.4. The maximum Gasteiger partial charge on any atom is 0.411 e. The number of anilines is 1. The van der Waals surface area contributed by atoms with Crippen LogP contribution in [-0.2, 0) is 11.2 Å². The number of ether oxygens (including phenoxy) is 1. The molecule has 0 saturated carbocycles. The van der Waals surface area contributed by atoms with Crippen LogP contribution in [0.4, 0.5) is 19.0 Å². The van der Waals surface area contributed by atoms with Crippen molar-refractivity contribution in [2.24, 2.45) is 5.84 Å². The van der Waals surface area contributed by atoms with Crippen molar-refractivity contribution in [2.45, 2.75) is 26.4 Å². The van der Waals surface area contributed by atoms with Crippen molar-refractivity contribution in [2.75, 3.05) is 18.6 Å². The minimum atomic E-state index is -4.31. The number of rotatable bonds is 5. The SMILES string of the molecule is Cc1nc(CCOCC(F)(F)F)nc(NN)c1C. The van der Waals surface area contributed by atoms with E-state index in [1.165, 1.54) is 0 Å². The average molecular weight is 264 g/mol. The summed E-state index contributed by atoms with van der Waals surface area (Å²) in [4.78, 5) is 8.22. The van der Waals surface area contributed by atoms with Gasteiger partial charge in [0.05, 0.1) is 6.61 Å².